The first kappa shape index (κ1) is 14.6. The standard InChI is InChI=1S/C15H11ClF2O2/c16-11-3-1-2-10(6-11)8-20-9-15(19)13-5-4-12(17)7-14(13)18/h1-7H,8-9H2. The molecule has 0 amide bonds. The van der Waals surface area contributed by atoms with Crippen molar-refractivity contribution in [2.45, 2.75) is 6.61 Å². The van der Waals surface area contributed by atoms with Crippen LogP contribution in [0.5, 0.6) is 0 Å². The van der Waals surface area contributed by atoms with Crippen LogP contribution in [0.4, 0.5) is 8.78 Å². The van der Waals surface area contributed by atoms with Gasteiger partial charge in [-0.05, 0) is 29.8 Å². The van der Waals surface area contributed by atoms with Crippen LogP contribution < -0.4 is 0 Å². The molecule has 0 heterocycles. The predicted molar refractivity (Wildman–Crippen MR) is 71.8 cm³/mol. The van der Waals surface area contributed by atoms with E-state index < -0.39 is 17.4 Å². The van der Waals surface area contributed by atoms with Crippen molar-refractivity contribution in [2.75, 3.05) is 6.61 Å². The first-order valence-corrected chi connectivity index (χ1v) is 6.24. The Labute approximate surface area is 119 Å². The largest absolute Gasteiger partial charge is 0.369 e. The third kappa shape index (κ3) is 3.85. The predicted octanol–water partition coefficient (Wildman–Crippen LogP) is 4.02. The molecular formula is C15H11ClF2O2. The lowest BCUT2D eigenvalue weighted by atomic mass is 10.1. The summed E-state index contributed by atoms with van der Waals surface area (Å²) < 4.78 is 31.3. The molecule has 2 aromatic rings. The zero-order chi connectivity index (χ0) is 14.5. The summed E-state index contributed by atoms with van der Waals surface area (Å²) in [6, 6.07) is 9.82. The van der Waals surface area contributed by atoms with Crippen LogP contribution in [-0.2, 0) is 11.3 Å². The minimum Gasteiger partial charge on any atom is -0.369 e. The van der Waals surface area contributed by atoms with E-state index in [0.717, 1.165) is 17.7 Å². The van der Waals surface area contributed by atoms with E-state index in [1.165, 1.54) is 0 Å². The number of hydrogen-bond donors (Lipinski definition) is 0. The Morgan fingerprint density at radius 1 is 1.15 bits per heavy atom. The van der Waals surface area contributed by atoms with Crippen LogP contribution >= 0.6 is 11.6 Å². The van der Waals surface area contributed by atoms with E-state index in [2.05, 4.69) is 0 Å². The van der Waals surface area contributed by atoms with Gasteiger partial charge in [-0.2, -0.15) is 0 Å². The maximum absolute atomic E-state index is 13.4. The average molecular weight is 297 g/mol. The van der Waals surface area contributed by atoms with Crippen LogP contribution in [0.2, 0.25) is 5.02 Å². The molecule has 0 radical (unpaired) electrons. The number of carbonyl (C=O) groups is 1. The molecule has 0 saturated carbocycles. The average Bonchev–Trinajstić information content (AvgIpc) is 2.38. The van der Waals surface area contributed by atoms with Crippen LogP contribution in [0, 0.1) is 11.6 Å². The molecule has 2 rings (SSSR count). The minimum atomic E-state index is -0.888. The maximum Gasteiger partial charge on any atom is 0.191 e. The number of rotatable bonds is 5. The lowest BCUT2D eigenvalue weighted by molar-refractivity contribution is 0.0722. The van der Waals surface area contributed by atoms with Crippen molar-refractivity contribution in [1.29, 1.82) is 0 Å². The summed E-state index contributed by atoms with van der Waals surface area (Å²) in [4.78, 5) is 11.7. The zero-order valence-electron chi connectivity index (χ0n) is 10.4. The number of ketones is 1. The van der Waals surface area contributed by atoms with Crippen LogP contribution in [0.25, 0.3) is 0 Å². The van der Waals surface area contributed by atoms with Gasteiger partial charge >= 0.3 is 0 Å². The van der Waals surface area contributed by atoms with E-state index in [4.69, 9.17) is 16.3 Å². The number of ether oxygens (including phenoxy) is 1. The minimum absolute atomic E-state index is 0.183. The summed E-state index contributed by atoms with van der Waals surface area (Å²) in [5.41, 5.74) is 0.627. The number of hydrogen-bond acceptors (Lipinski definition) is 2. The molecule has 2 aromatic carbocycles. The monoisotopic (exact) mass is 296 g/mol. The summed E-state index contributed by atoms with van der Waals surface area (Å²) in [7, 11) is 0. The number of Topliss-reactive ketones (excluding diaryl/α,β-unsaturated/α-hetero) is 1. The van der Waals surface area contributed by atoms with Gasteiger partial charge in [0.05, 0.1) is 12.2 Å². The molecule has 0 unspecified atom stereocenters. The number of halogens is 3. The van der Waals surface area contributed by atoms with Crippen molar-refractivity contribution in [3.8, 4) is 0 Å². The van der Waals surface area contributed by atoms with Crippen molar-refractivity contribution in [1.82, 2.24) is 0 Å². The number of benzene rings is 2. The SMILES string of the molecule is O=C(COCc1cccc(Cl)c1)c1ccc(F)cc1F. The molecule has 0 atom stereocenters. The Kier molecular flexibility index (Phi) is 4.82. The highest BCUT2D eigenvalue weighted by atomic mass is 35.5. The van der Waals surface area contributed by atoms with Crippen LogP contribution in [0.1, 0.15) is 15.9 Å². The molecule has 0 aliphatic heterocycles. The van der Waals surface area contributed by atoms with Gasteiger partial charge in [-0.1, -0.05) is 23.7 Å². The Balaban J connectivity index is 1.92. The van der Waals surface area contributed by atoms with Gasteiger partial charge in [-0.15, -0.1) is 0 Å². The second-order valence-electron chi connectivity index (χ2n) is 4.17. The second-order valence-corrected chi connectivity index (χ2v) is 4.61. The van der Waals surface area contributed by atoms with Gasteiger partial charge < -0.3 is 4.74 Å². The first-order valence-electron chi connectivity index (χ1n) is 5.86. The molecule has 0 spiro atoms. The summed E-state index contributed by atoms with van der Waals surface area (Å²) in [6.45, 7) is -0.0931. The summed E-state index contributed by atoms with van der Waals surface area (Å²) in [6.07, 6.45) is 0. The van der Waals surface area contributed by atoms with Crippen molar-refractivity contribution in [3.63, 3.8) is 0 Å². The fourth-order valence-corrected chi connectivity index (χ4v) is 1.89. The highest BCUT2D eigenvalue weighted by Gasteiger charge is 2.12. The van der Waals surface area contributed by atoms with E-state index in [9.17, 15) is 13.6 Å². The van der Waals surface area contributed by atoms with Crippen LogP contribution in [-0.4, -0.2) is 12.4 Å². The van der Waals surface area contributed by atoms with E-state index in [1.807, 2.05) is 0 Å². The fraction of sp³-hybridized carbons (Fsp3) is 0.133. The Morgan fingerprint density at radius 3 is 2.65 bits per heavy atom. The van der Waals surface area contributed by atoms with Crippen molar-refractivity contribution in [2.24, 2.45) is 0 Å². The summed E-state index contributed by atoms with van der Waals surface area (Å²) >= 11 is 5.81. The lowest BCUT2D eigenvalue weighted by Gasteiger charge is -2.05. The van der Waals surface area contributed by atoms with Crippen molar-refractivity contribution >= 4 is 17.4 Å². The van der Waals surface area contributed by atoms with Gasteiger partial charge in [0.25, 0.3) is 0 Å². The van der Waals surface area contributed by atoms with E-state index in [0.29, 0.717) is 11.1 Å². The van der Waals surface area contributed by atoms with E-state index >= 15 is 0 Å². The Bertz CT molecular complexity index is 629. The van der Waals surface area contributed by atoms with Crippen molar-refractivity contribution in [3.05, 3.63) is 70.2 Å². The van der Waals surface area contributed by atoms with Gasteiger partial charge in [0.1, 0.15) is 18.2 Å². The third-order valence-electron chi connectivity index (χ3n) is 2.62. The first-order chi connectivity index (χ1) is 9.56. The van der Waals surface area contributed by atoms with Gasteiger partial charge in [0.2, 0.25) is 0 Å². The van der Waals surface area contributed by atoms with Gasteiger partial charge in [-0.25, -0.2) is 8.78 Å². The molecule has 0 bridgehead atoms. The molecule has 0 fully saturated rings. The fourth-order valence-electron chi connectivity index (χ4n) is 1.68. The topological polar surface area (TPSA) is 26.3 Å². The summed E-state index contributed by atoms with van der Waals surface area (Å²) in [5.74, 6) is -2.15. The maximum atomic E-state index is 13.4. The molecule has 0 aliphatic rings. The Hall–Kier alpha value is -1.78. The molecule has 5 heteroatoms. The molecule has 2 nitrogen and oxygen atoms in total. The third-order valence-corrected chi connectivity index (χ3v) is 2.86. The normalized spacial score (nSPS) is 10.6. The van der Waals surface area contributed by atoms with Gasteiger partial charge in [0.15, 0.2) is 5.78 Å². The quantitative estimate of drug-likeness (QED) is 0.779. The van der Waals surface area contributed by atoms with Crippen LogP contribution in [0.3, 0.4) is 0 Å². The zero-order valence-corrected chi connectivity index (χ0v) is 11.2. The molecule has 0 saturated heterocycles. The summed E-state index contributed by atoms with van der Waals surface area (Å²) in [5, 5.41) is 0.571. The number of carbonyl (C=O) groups excluding carboxylic acids is 1. The smallest absolute Gasteiger partial charge is 0.191 e. The molecule has 0 aliphatic carbocycles. The highest BCUT2D eigenvalue weighted by Crippen LogP contribution is 2.13. The molecule has 20 heavy (non-hydrogen) atoms. The van der Waals surface area contributed by atoms with Crippen LogP contribution in [0.15, 0.2) is 42.5 Å². The molecule has 0 N–H and O–H groups in total. The van der Waals surface area contributed by atoms with E-state index in [1.54, 1.807) is 24.3 Å². The second kappa shape index (κ2) is 6.59. The lowest BCUT2D eigenvalue weighted by Crippen LogP contribution is -2.11. The van der Waals surface area contributed by atoms with Gasteiger partial charge in [-0.3, -0.25) is 4.79 Å². The Morgan fingerprint density at radius 2 is 1.95 bits per heavy atom. The van der Waals surface area contributed by atoms with Crippen molar-refractivity contribution < 1.29 is 18.3 Å². The molecule has 104 valence electrons. The molecular weight excluding hydrogens is 286 g/mol. The van der Waals surface area contributed by atoms with Gasteiger partial charge in [0, 0.05) is 11.1 Å². The van der Waals surface area contributed by atoms with E-state index in [-0.39, 0.29) is 18.8 Å². The molecule has 0 aromatic heterocycles. The highest BCUT2D eigenvalue weighted by molar-refractivity contribution is 6.30.